The maximum atomic E-state index is 14.2. The number of nitrogens with one attached hydrogen (secondary N) is 2. The Bertz CT molecular complexity index is 981. The number of carbonyl (C=O) groups excluding carboxylic acids is 2. The molecule has 162 valence electrons. The van der Waals surface area contributed by atoms with E-state index in [4.69, 9.17) is 0 Å². The van der Waals surface area contributed by atoms with E-state index in [0.29, 0.717) is 43.1 Å². The van der Waals surface area contributed by atoms with Crippen molar-refractivity contribution in [3.63, 3.8) is 0 Å². The molecule has 31 heavy (non-hydrogen) atoms. The predicted octanol–water partition coefficient (Wildman–Crippen LogP) is 3.10. The van der Waals surface area contributed by atoms with Gasteiger partial charge in [-0.3, -0.25) is 19.5 Å². The molecule has 2 aromatic rings. The maximum Gasteiger partial charge on any atom is 0.261 e. The van der Waals surface area contributed by atoms with Gasteiger partial charge >= 0.3 is 0 Å². The number of halogens is 1. The van der Waals surface area contributed by atoms with Gasteiger partial charge in [0.05, 0.1) is 11.1 Å². The fourth-order valence-electron chi connectivity index (χ4n) is 4.10. The summed E-state index contributed by atoms with van der Waals surface area (Å²) in [6, 6.07) is 13.9. The first-order valence-corrected chi connectivity index (χ1v) is 10.7. The molecule has 0 aromatic heterocycles. The van der Waals surface area contributed by atoms with E-state index in [9.17, 15) is 14.0 Å². The molecule has 2 aromatic carbocycles. The monoisotopic (exact) mass is 422 g/mol. The smallest absolute Gasteiger partial charge is 0.261 e. The van der Waals surface area contributed by atoms with Gasteiger partial charge in [-0.1, -0.05) is 30.3 Å². The van der Waals surface area contributed by atoms with Crippen molar-refractivity contribution in [1.29, 1.82) is 0 Å². The Labute approximate surface area is 181 Å². The summed E-state index contributed by atoms with van der Waals surface area (Å²) in [4.78, 5) is 30.3. The van der Waals surface area contributed by atoms with E-state index in [1.165, 1.54) is 11.0 Å². The molecular weight excluding hydrogens is 395 g/mol. The number of guanidine groups is 1. The first-order chi connectivity index (χ1) is 15.1. The molecule has 0 spiro atoms. The van der Waals surface area contributed by atoms with Gasteiger partial charge in [-0.15, -0.1) is 0 Å². The standard InChI is InChI=1S/C24H27FN4O2/c1-26-23(28-16-24(12-13-24)19-10-4-5-11-20(19)25)27-14-6-7-15-29-21(30)17-8-2-3-9-18(17)22(29)31/h2-5,8-11H,6-7,12-16H2,1H3,(H2,26,27,28). The summed E-state index contributed by atoms with van der Waals surface area (Å²) in [5, 5.41) is 6.57. The van der Waals surface area contributed by atoms with Crippen LogP contribution in [-0.4, -0.2) is 49.4 Å². The molecule has 0 unspecified atom stereocenters. The maximum absolute atomic E-state index is 14.2. The molecular formula is C24H27FN4O2. The lowest BCUT2D eigenvalue weighted by Gasteiger charge is -2.19. The van der Waals surface area contributed by atoms with Crippen LogP contribution in [0.15, 0.2) is 53.5 Å². The predicted molar refractivity (Wildman–Crippen MR) is 118 cm³/mol. The molecule has 7 heteroatoms. The second-order valence-corrected chi connectivity index (χ2v) is 8.13. The van der Waals surface area contributed by atoms with Crippen molar-refractivity contribution >= 4 is 17.8 Å². The highest BCUT2D eigenvalue weighted by Gasteiger charge is 2.45. The molecule has 1 aliphatic carbocycles. The van der Waals surface area contributed by atoms with Crippen LogP contribution in [-0.2, 0) is 5.41 Å². The molecule has 6 nitrogen and oxygen atoms in total. The Hall–Kier alpha value is -3.22. The molecule has 0 atom stereocenters. The van der Waals surface area contributed by atoms with Crippen molar-refractivity contribution in [1.82, 2.24) is 15.5 Å². The minimum atomic E-state index is -0.214. The summed E-state index contributed by atoms with van der Waals surface area (Å²) < 4.78 is 14.2. The van der Waals surface area contributed by atoms with Crippen LogP contribution in [0.5, 0.6) is 0 Å². The summed E-state index contributed by atoms with van der Waals surface area (Å²) in [6.07, 6.45) is 3.40. The van der Waals surface area contributed by atoms with Gasteiger partial charge in [-0.05, 0) is 49.4 Å². The fourth-order valence-corrected chi connectivity index (χ4v) is 4.10. The van der Waals surface area contributed by atoms with E-state index in [2.05, 4.69) is 15.6 Å². The molecule has 0 radical (unpaired) electrons. The number of nitrogens with zero attached hydrogens (tertiary/aromatic N) is 2. The molecule has 0 saturated heterocycles. The molecule has 1 heterocycles. The third-order valence-corrected chi connectivity index (χ3v) is 6.10. The molecule has 0 bridgehead atoms. The Morgan fingerprint density at radius 3 is 2.26 bits per heavy atom. The average Bonchev–Trinajstić information content (AvgIpc) is 3.54. The van der Waals surface area contributed by atoms with E-state index < -0.39 is 0 Å². The second kappa shape index (κ2) is 8.88. The lowest BCUT2D eigenvalue weighted by atomic mass is 9.95. The highest BCUT2D eigenvalue weighted by Crippen LogP contribution is 2.48. The van der Waals surface area contributed by atoms with Gasteiger partial charge in [0.1, 0.15) is 5.82 Å². The van der Waals surface area contributed by atoms with Gasteiger partial charge in [0.15, 0.2) is 5.96 Å². The van der Waals surface area contributed by atoms with Crippen molar-refractivity contribution in [2.45, 2.75) is 31.1 Å². The number of benzene rings is 2. The number of amides is 2. The van der Waals surface area contributed by atoms with Crippen LogP contribution in [0.2, 0.25) is 0 Å². The van der Waals surface area contributed by atoms with E-state index in [-0.39, 0.29) is 23.0 Å². The minimum absolute atomic E-state index is 0.155. The fraction of sp³-hybridized carbons (Fsp3) is 0.375. The SMILES string of the molecule is CN=C(NCCCCN1C(=O)c2ccccc2C1=O)NCC1(c2ccccc2F)CC1. The van der Waals surface area contributed by atoms with E-state index >= 15 is 0 Å². The molecule has 1 fully saturated rings. The van der Waals surface area contributed by atoms with Crippen LogP contribution in [0, 0.1) is 5.82 Å². The van der Waals surface area contributed by atoms with Gasteiger partial charge in [-0.2, -0.15) is 0 Å². The second-order valence-electron chi connectivity index (χ2n) is 8.13. The Balaban J connectivity index is 1.20. The number of carbonyl (C=O) groups is 2. The van der Waals surface area contributed by atoms with Gasteiger partial charge in [0, 0.05) is 32.1 Å². The number of rotatable bonds is 8. The number of hydrogen-bond acceptors (Lipinski definition) is 3. The number of hydrogen-bond donors (Lipinski definition) is 2. The van der Waals surface area contributed by atoms with E-state index in [1.54, 1.807) is 37.4 Å². The van der Waals surface area contributed by atoms with Crippen molar-refractivity contribution in [2.75, 3.05) is 26.7 Å². The zero-order valence-electron chi connectivity index (χ0n) is 17.7. The van der Waals surface area contributed by atoms with Crippen LogP contribution in [0.1, 0.15) is 52.0 Å². The van der Waals surface area contributed by atoms with Gasteiger partial charge in [0.25, 0.3) is 11.8 Å². The zero-order chi connectivity index (χ0) is 21.8. The van der Waals surface area contributed by atoms with Gasteiger partial charge < -0.3 is 10.6 Å². The third-order valence-electron chi connectivity index (χ3n) is 6.10. The zero-order valence-corrected chi connectivity index (χ0v) is 17.7. The highest BCUT2D eigenvalue weighted by atomic mass is 19.1. The number of unbranched alkanes of at least 4 members (excludes halogenated alkanes) is 1. The molecule has 2 N–H and O–H groups in total. The van der Waals surface area contributed by atoms with Crippen LogP contribution >= 0.6 is 0 Å². The summed E-state index contributed by atoms with van der Waals surface area (Å²) in [6.45, 7) is 1.69. The lowest BCUT2D eigenvalue weighted by Crippen LogP contribution is -2.42. The largest absolute Gasteiger partial charge is 0.356 e. The highest BCUT2D eigenvalue weighted by molar-refractivity contribution is 6.21. The van der Waals surface area contributed by atoms with E-state index in [0.717, 1.165) is 24.8 Å². The Morgan fingerprint density at radius 1 is 1.00 bits per heavy atom. The number of fused-ring (bicyclic) bond motifs is 1. The Kier molecular flexibility index (Phi) is 6.02. The Morgan fingerprint density at radius 2 is 1.65 bits per heavy atom. The van der Waals surface area contributed by atoms with Gasteiger partial charge in [0.2, 0.25) is 0 Å². The normalized spacial score (nSPS) is 17.0. The third kappa shape index (κ3) is 4.31. The average molecular weight is 423 g/mol. The van der Waals surface area contributed by atoms with Crippen molar-refractivity contribution in [3.8, 4) is 0 Å². The lowest BCUT2D eigenvalue weighted by molar-refractivity contribution is 0.0652. The summed E-state index contributed by atoms with van der Waals surface area (Å²) in [7, 11) is 1.71. The number of aliphatic imine (C=N–C) groups is 1. The van der Waals surface area contributed by atoms with Crippen molar-refractivity contribution < 1.29 is 14.0 Å². The van der Waals surface area contributed by atoms with Crippen LogP contribution in [0.3, 0.4) is 0 Å². The molecule has 2 aliphatic rings. The first kappa shape index (κ1) is 21.0. The molecule has 2 amide bonds. The van der Waals surface area contributed by atoms with Crippen molar-refractivity contribution in [2.24, 2.45) is 4.99 Å². The number of imide groups is 1. The minimum Gasteiger partial charge on any atom is -0.356 e. The van der Waals surface area contributed by atoms with Crippen molar-refractivity contribution in [3.05, 3.63) is 71.0 Å². The molecule has 1 aliphatic heterocycles. The first-order valence-electron chi connectivity index (χ1n) is 10.7. The quantitative estimate of drug-likeness (QED) is 0.297. The summed E-state index contributed by atoms with van der Waals surface area (Å²) in [5.74, 6) is 0.0871. The van der Waals surface area contributed by atoms with Crippen LogP contribution < -0.4 is 10.6 Å². The summed E-state index contributed by atoms with van der Waals surface area (Å²) in [5.41, 5.74) is 1.58. The van der Waals surface area contributed by atoms with Crippen LogP contribution in [0.25, 0.3) is 0 Å². The van der Waals surface area contributed by atoms with Gasteiger partial charge in [-0.25, -0.2) is 4.39 Å². The topological polar surface area (TPSA) is 73.8 Å². The molecule has 4 rings (SSSR count). The molecule has 1 saturated carbocycles. The summed E-state index contributed by atoms with van der Waals surface area (Å²) >= 11 is 0. The van der Waals surface area contributed by atoms with E-state index in [1.807, 2.05) is 12.1 Å². The van der Waals surface area contributed by atoms with Crippen LogP contribution in [0.4, 0.5) is 4.39 Å².